The van der Waals surface area contributed by atoms with E-state index in [9.17, 15) is 22.4 Å². The Kier molecular flexibility index (Phi) is 5.62. The molecule has 0 unspecified atom stereocenters. The maximum absolute atomic E-state index is 14.6. The molecule has 0 aliphatic heterocycles. The minimum atomic E-state index is -4.74. The van der Waals surface area contributed by atoms with Crippen LogP contribution < -0.4 is 10.1 Å². The fraction of sp³-hybridized carbons (Fsp3) is 0.438. The summed E-state index contributed by atoms with van der Waals surface area (Å²) in [5.41, 5.74) is -0.945. The fourth-order valence-corrected chi connectivity index (χ4v) is 2.11. The second-order valence-corrected chi connectivity index (χ2v) is 6.45. The van der Waals surface area contributed by atoms with E-state index in [0.29, 0.717) is 0 Å². The molecule has 0 radical (unpaired) electrons. The summed E-state index contributed by atoms with van der Waals surface area (Å²) in [5.74, 6) is -2.37. The summed E-state index contributed by atoms with van der Waals surface area (Å²) in [6, 6.07) is 2.54. The van der Waals surface area contributed by atoms with Gasteiger partial charge in [0, 0.05) is 5.56 Å². The summed E-state index contributed by atoms with van der Waals surface area (Å²) in [7, 11) is 1.24. The van der Waals surface area contributed by atoms with Crippen LogP contribution in [-0.4, -0.2) is 33.6 Å². The van der Waals surface area contributed by atoms with Crippen LogP contribution in [0.4, 0.5) is 22.4 Å². The zero-order valence-electron chi connectivity index (χ0n) is 15.0. The summed E-state index contributed by atoms with van der Waals surface area (Å²) in [6.07, 6.45) is -4.75. The number of carbonyl (C=O) groups excluding carboxylic acids is 1. The number of ether oxygens (including phenoxy) is 2. The van der Waals surface area contributed by atoms with Gasteiger partial charge in [-0.25, -0.2) is 18.9 Å². The van der Waals surface area contributed by atoms with E-state index in [2.05, 4.69) is 15.4 Å². The molecule has 11 heteroatoms. The first-order valence-corrected chi connectivity index (χ1v) is 7.74. The van der Waals surface area contributed by atoms with Gasteiger partial charge in [0.2, 0.25) is 0 Å². The lowest BCUT2D eigenvalue weighted by Gasteiger charge is -2.20. The molecule has 1 aromatic carbocycles. The van der Waals surface area contributed by atoms with Crippen molar-refractivity contribution in [2.24, 2.45) is 0 Å². The maximum Gasteiger partial charge on any atom is 0.453 e. The Labute approximate surface area is 152 Å². The molecule has 0 fully saturated rings. The number of hydrogen-bond acceptors (Lipinski definition) is 5. The minimum Gasteiger partial charge on any atom is -0.494 e. The van der Waals surface area contributed by atoms with Crippen molar-refractivity contribution in [2.75, 3.05) is 7.11 Å². The molecule has 0 aliphatic carbocycles. The van der Waals surface area contributed by atoms with Crippen LogP contribution in [0.25, 0.3) is 5.69 Å². The van der Waals surface area contributed by atoms with Crippen LogP contribution in [0, 0.1) is 5.82 Å². The van der Waals surface area contributed by atoms with E-state index in [1.54, 1.807) is 20.8 Å². The number of nitrogens with one attached hydrogen (secondary N) is 1. The van der Waals surface area contributed by atoms with Crippen molar-refractivity contribution in [3.8, 4) is 11.4 Å². The van der Waals surface area contributed by atoms with E-state index in [1.165, 1.54) is 19.2 Å². The number of carbonyl (C=O) groups is 1. The highest BCUT2D eigenvalue weighted by Gasteiger charge is 2.36. The van der Waals surface area contributed by atoms with Crippen molar-refractivity contribution >= 4 is 6.09 Å². The molecule has 27 heavy (non-hydrogen) atoms. The van der Waals surface area contributed by atoms with Crippen molar-refractivity contribution in [3.63, 3.8) is 0 Å². The molecule has 148 valence electrons. The van der Waals surface area contributed by atoms with Crippen LogP contribution in [-0.2, 0) is 17.5 Å². The second-order valence-electron chi connectivity index (χ2n) is 6.45. The van der Waals surface area contributed by atoms with Gasteiger partial charge < -0.3 is 14.8 Å². The number of amides is 1. The lowest BCUT2D eigenvalue weighted by molar-refractivity contribution is -0.144. The van der Waals surface area contributed by atoms with Crippen molar-refractivity contribution < 1.29 is 31.8 Å². The Morgan fingerprint density at radius 1 is 1.26 bits per heavy atom. The number of nitrogens with zero attached hydrogens (tertiary/aromatic N) is 3. The van der Waals surface area contributed by atoms with E-state index in [0.717, 1.165) is 11.0 Å². The highest BCUT2D eigenvalue weighted by atomic mass is 19.4. The number of rotatable bonds is 4. The third-order valence-corrected chi connectivity index (χ3v) is 3.20. The Balaban J connectivity index is 2.37. The number of alkyl halides is 3. The zero-order chi connectivity index (χ0) is 20.4. The van der Waals surface area contributed by atoms with Crippen LogP contribution in [0.15, 0.2) is 18.5 Å². The van der Waals surface area contributed by atoms with Crippen molar-refractivity contribution in [1.82, 2.24) is 20.1 Å². The molecule has 0 atom stereocenters. The highest BCUT2D eigenvalue weighted by Crippen LogP contribution is 2.29. The van der Waals surface area contributed by atoms with Gasteiger partial charge in [0.1, 0.15) is 11.9 Å². The number of aromatic nitrogens is 3. The average Bonchev–Trinajstić information content (AvgIpc) is 3.01. The van der Waals surface area contributed by atoms with Gasteiger partial charge in [-0.15, -0.1) is 5.10 Å². The molecule has 0 aliphatic rings. The van der Waals surface area contributed by atoms with Crippen LogP contribution in [0.1, 0.15) is 32.2 Å². The summed E-state index contributed by atoms with van der Waals surface area (Å²) in [6.45, 7) is 4.59. The predicted octanol–water partition coefficient (Wildman–Crippen LogP) is 3.46. The SMILES string of the molecule is COc1ccc(-n2cnc(C(F)(F)F)n2)c(CNC(=O)OC(C)(C)C)c1F. The molecule has 1 N–H and O–H groups in total. The van der Waals surface area contributed by atoms with Crippen LogP contribution >= 0.6 is 0 Å². The number of alkyl carbamates (subject to hydrolysis) is 1. The van der Waals surface area contributed by atoms with E-state index in [1.807, 2.05) is 0 Å². The Morgan fingerprint density at radius 3 is 2.44 bits per heavy atom. The topological polar surface area (TPSA) is 78.3 Å². The van der Waals surface area contributed by atoms with E-state index in [-0.39, 0.29) is 23.5 Å². The Bertz CT molecular complexity index is 828. The van der Waals surface area contributed by atoms with E-state index >= 15 is 0 Å². The summed E-state index contributed by atoms with van der Waals surface area (Å²) in [4.78, 5) is 15.0. The lowest BCUT2D eigenvalue weighted by atomic mass is 10.1. The van der Waals surface area contributed by atoms with Gasteiger partial charge in [-0.05, 0) is 32.9 Å². The average molecular weight is 390 g/mol. The number of benzene rings is 1. The number of methoxy groups -OCH3 is 1. The first-order valence-electron chi connectivity index (χ1n) is 7.74. The molecule has 1 heterocycles. The first kappa shape index (κ1) is 20.5. The zero-order valence-corrected chi connectivity index (χ0v) is 15.0. The highest BCUT2D eigenvalue weighted by molar-refractivity contribution is 5.68. The van der Waals surface area contributed by atoms with E-state index in [4.69, 9.17) is 9.47 Å². The Morgan fingerprint density at radius 2 is 1.93 bits per heavy atom. The molecule has 2 aromatic rings. The third kappa shape index (κ3) is 5.08. The second kappa shape index (κ2) is 7.41. The first-order chi connectivity index (χ1) is 12.4. The van der Waals surface area contributed by atoms with Gasteiger partial charge in [0.05, 0.1) is 19.3 Å². The van der Waals surface area contributed by atoms with Gasteiger partial charge in [0.25, 0.3) is 5.82 Å². The third-order valence-electron chi connectivity index (χ3n) is 3.20. The lowest BCUT2D eigenvalue weighted by Crippen LogP contribution is -2.32. The molecule has 7 nitrogen and oxygen atoms in total. The van der Waals surface area contributed by atoms with Gasteiger partial charge >= 0.3 is 12.3 Å². The predicted molar refractivity (Wildman–Crippen MR) is 85.9 cm³/mol. The Hall–Kier alpha value is -2.85. The van der Waals surface area contributed by atoms with Crippen LogP contribution in [0.2, 0.25) is 0 Å². The number of hydrogen-bond donors (Lipinski definition) is 1. The summed E-state index contributed by atoms with van der Waals surface area (Å²) < 4.78 is 63.5. The van der Waals surface area contributed by atoms with Gasteiger partial charge in [-0.1, -0.05) is 0 Å². The molecule has 0 bridgehead atoms. The molecule has 1 amide bonds. The van der Waals surface area contributed by atoms with Crippen LogP contribution in [0.3, 0.4) is 0 Å². The molecule has 2 rings (SSSR count). The van der Waals surface area contributed by atoms with E-state index < -0.39 is 29.5 Å². The smallest absolute Gasteiger partial charge is 0.453 e. The standard InChI is InChI=1S/C16H18F4N4O3/c1-15(2,3)27-14(25)21-7-9-10(5-6-11(26-4)12(9)17)24-8-22-13(23-24)16(18,19)20/h5-6,8H,7H2,1-4H3,(H,21,25). The van der Waals surface area contributed by atoms with Crippen molar-refractivity contribution in [3.05, 3.63) is 35.7 Å². The molecule has 0 saturated heterocycles. The molecular formula is C16H18F4N4O3. The monoisotopic (exact) mass is 390 g/mol. The minimum absolute atomic E-state index is 0.0349. The van der Waals surface area contributed by atoms with Crippen LogP contribution in [0.5, 0.6) is 5.75 Å². The fourth-order valence-electron chi connectivity index (χ4n) is 2.11. The molecule has 1 aromatic heterocycles. The largest absolute Gasteiger partial charge is 0.494 e. The molecule has 0 spiro atoms. The molecule has 0 saturated carbocycles. The van der Waals surface area contributed by atoms with Gasteiger partial charge in [0.15, 0.2) is 11.6 Å². The normalized spacial score (nSPS) is 12.0. The van der Waals surface area contributed by atoms with Crippen molar-refractivity contribution in [2.45, 2.75) is 39.1 Å². The van der Waals surface area contributed by atoms with Gasteiger partial charge in [-0.2, -0.15) is 13.2 Å². The maximum atomic E-state index is 14.6. The molecular weight excluding hydrogens is 372 g/mol. The quantitative estimate of drug-likeness (QED) is 0.809. The van der Waals surface area contributed by atoms with Crippen molar-refractivity contribution in [1.29, 1.82) is 0 Å². The van der Waals surface area contributed by atoms with Gasteiger partial charge in [-0.3, -0.25) is 0 Å². The summed E-state index contributed by atoms with van der Waals surface area (Å²) >= 11 is 0. The number of halogens is 4. The summed E-state index contributed by atoms with van der Waals surface area (Å²) in [5, 5.41) is 5.68.